The Hall–Kier alpha value is -1.72. The Morgan fingerprint density at radius 2 is 2.26 bits per heavy atom. The maximum Gasteiger partial charge on any atom is 0.285 e. The predicted octanol–water partition coefficient (Wildman–Crippen LogP) is 2.83. The summed E-state index contributed by atoms with van der Waals surface area (Å²) >= 11 is 8.28. The smallest absolute Gasteiger partial charge is 0.285 e. The van der Waals surface area contributed by atoms with E-state index in [1.807, 2.05) is 22.6 Å². The van der Waals surface area contributed by atoms with Crippen molar-refractivity contribution in [3.8, 4) is 0 Å². The van der Waals surface area contributed by atoms with Gasteiger partial charge in [-0.2, -0.15) is 5.01 Å². The number of carbonyl (C=O) groups excluding carboxylic acids is 2. The van der Waals surface area contributed by atoms with Crippen LogP contribution in [0.4, 0.5) is 0 Å². The van der Waals surface area contributed by atoms with Gasteiger partial charge in [-0.1, -0.05) is 11.8 Å². The lowest BCUT2D eigenvalue weighted by molar-refractivity contribution is -0.123. The molecule has 9 heteroatoms. The zero-order valence-electron chi connectivity index (χ0n) is 11.4. The van der Waals surface area contributed by atoms with Crippen LogP contribution in [0.3, 0.4) is 0 Å². The average Bonchev–Trinajstić information content (AvgIpc) is 3.07. The van der Waals surface area contributed by atoms with E-state index in [1.54, 1.807) is 36.5 Å². The third kappa shape index (κ3) is 3.62. The molecular weight excluding hydrogens is 449 g/mol. The van der Waals surface area contributed by atoms with Gasteiger partial charge in [-0.15, -0.1) is 0 Å². The van der Waals surface area contributed by atoms with Crippen molar-refractivity contribution < 1.29 is 14.0 Å². The Labute approximate surface area is 154 Å². The third-order valence-corrected chi connectivity index (χ3v) is 4.68. The quantitative estimate of drug-likeness (QED) is 0.434. The van der Waals surface area contributed by atoms with Gasteiger partial charge in [0.15, 0.2) is 8.09 Å². The highest BCUT2D eigenvalue weighted by Crippen LogP contribution is 2.31. The minimum absolute atomic E-state index is 0.250. The van der Waals surface area contributed by atoms with E-state index in [-0.39, 0.29) is 4.32 Å². The fourth-order valence-electron chi connectivity index (χ4n) is 1.76. The second-order valence-electron chi connectivity index (χ2n) is 4.34. The number of amides is 2. The summed E-state index contributed by atoms with van der Waals surface area (Å²) in [5, 5.41) is 1.05. The number of pyridine rings is 1. The zero-order chi connectivity index (χ0) is 16.4. The van der Waals surface area contributed by atoms with Crippen LogP contribution in [0.2, 0.25) is 0 Å². The molecule has 3 rings (SSSR count). The molecule has 116 valence electrons. The van der Waals surface area contributed by atoms with Gasteiger partial charge in [-0.05, 0) is 59.1 Å². The number of carbonyl (C=O) groups is 2. The Bertz CT molecular complexity index is 820. The monoisotopic (exact) mass is 457 g/mol. The highest BCUT2D eigenvalue weighted by Gasteiger charge is 2.34. The van der Waals surface area contributed by atoms with Crippen molar-refractivity contribution in [3.63, 3.8) is 0 Å². The van der Waals surface area contributed by atoms with Crippen molar-refractivity contribution in [1.82, 2.24) is 15.4 Å². The van der Waals surface area contributed by atoms with Crippen molar-refractivity contribution in [2.24, 2.45) is 0 Å². The molecule has 1 saturated heterocycles. The van der Waals surface area contributed by atoms with Gasteiger partial charge in [0, 0.05) is 18.5 Å². The standard InChI is InChI=1S/C14H8IN3O3S2/c15-11-4-3-9(21-11)6-10-13(20)18(14(22)23-10)17-12(19)8-2-1-5-16-7-8/h1-7H,(H,17,19)/b10-6-. The second-order valence-corrected chi connectivity index (χ2v) is 7.08. The number of nitrogens with zero attached hydrogens (tertiary/aromatic N) is 2. The van der Waals surface area contributed by atoms with E-state index in [9.17, 15) is 9.59 Å². The predicted molar refractivity (Wildman–Crippen MR) is 98.1 cm³/mol. The number of hydrogen-bond donors (Lipinski definition) is 1. The Morgan fingerprint density at radius 1 is 1.43 bits per heavy atom. The maximum absolute atomic E-state index is 12.4. The van der Waals surface area contributed by atoms with Gasteiger partial charge in [0.05, 0.1) is 10.5 Å². The first-order valence-corrected chi connectivity index (χ1v) is 8.59. The molecule has 0 aromatic carbocycles. The van der Waals surface area contributed by atoms with Gasteiger partial charge in [-0.25, -0.2) is 0 Å². The molecule has 1 N–H and O–H groups in total. The number of hydrogen-bond acceptors (Lipinski definition) is 6. The number of thioether (sulfide) groups is 1. The van der Waals surface area contributed by atoms with Crippen molar-refractivity contribution in [2.75, 3.05) is 0 Å². The molecule has 1 aliphatic heterocycles. The van der Waals surface area contributed by atoms with Gasteiger partial charge < -0.3 is 4.42 Å². The molecule has 0 unspecified atom stereocenters. The van der Waals surface area contributed by atoms with Crippen LogP contribution in [0.1, 0.15) is 16.1 Å². The molecule has 0 atom stereocenters. The molecule has 2 amide bonds. The van der Waals surface area contributed by atoms with E-state index in [1.165, 1.54) is 6.20 Å². The lowest BCUT2D eigenvalue weighted by atomic mass is 10.3. The molecule has 0 spiro atoms. The number of rotatable bonds is 3. The normalized spacial score (nSPS) is 16.2. The molecule has 1 fully saturated rings. The molecular formula is C14H8IN3O3S2. The van der Waals surface area contributed by atoms with Gasteiger partial charge in [0.1, 0.15) is 5.76 Å². The van der Waals surface area contributed by atoms with Crippen LogP contribution in [-0.2, 0) is 4.79 Å². The molecule has 0 aliphatic carbocycles. The van der Waals surface area contributed by atoms with E-state index in [0.29, 0.717) is 20.0 Å². The van der Waals surface area contributed by atoms with E-state index >= 15 is 0 Å². The van der Waals surface area contributed by atoms with E-state index in [2.05, 4.69) is 10.4 Å². The first kappa shape index (κ1) is 16.1. The summed E-state index contributed by atoms with van der Waals surface area (Å²) < 4.78 is 6.37. The molecule has 0 bridgehead atoms. The number of hydrazine groups is 1. The molecule has 0 radical (unpaired) electrons. The summed E-state index contributed by atoms with van der Waals surface area (Å²) in [7, 11) is 0. The van der Waals surface area contributed by atoms with Crippen LogP contribution in [0.5, 0.6) is 0 Å². The van der Waals surface area contributed by atoms with Crippen LogP contribution in [-0.4, -0.2) is 26.1 Å². The van der Waals surface area contributed by atoms with Gasteiger partial charge in [0.25, 0.3) is 11.8 Å². The maximum atomic E-state index is 12.4. The molecule has 23 heavy (non-hydrogen) atoms. The van der Waals surface area contributed by atoms with Gasteiger partial charge in [0.2, 0.25) is 0 Å². The van der Waals surface area contributed by atoms with Gasteiger partial charge >= 0.3 is 0 Å². The Kier molecular flexibility index (Phi) is 4.78. The van der Waals surface area contributed by atoms with Crippen molar-refractivity contribution in [2.45, 2.75) is 0 Å². The summed E-state index contributed by atoms with van der Waals surface area (Å²) in [6.45, 7) is 0. The zero-order valence-corrected chi connectivity index (χ0v) is 15.1. The van der Waals surface area contributed by atoms with Crippen molar-refractivity contribution in [3.05, 3.63) is 56.7 Å². The molecule has 1 aliphatic rings. The molecule has 6 nitrogen and oxygen atoms in total. The fraction of sp³-hybridized carbons (Fsp3) is 0. The summed E-state index contributed by atoms with van der Waals surface area (Å²) in [5.74, 6) is -0.305. The molecule has 2 aromatic heterocycles. The van der Waals surface area contributed by atoms with E-state index < -0.39 is 11.8 Å². The second kappa shape index (κ2) is 6.81. The Balaban J connectivity index is 1.77. The van der Waals surface area contributed by atoms with Crippen LogP contribution in [0, 0.1) is 3.77 Å². The van der Waals surface area contributed by atoms with Crippen LogP contribution < -0.4 is 5.43 Å². The van der Waals surface area contributed by atoms with Crippen molar-refractivity contribution >= 4 is 68.8 Å². The average molecular weight is 457 g/mol. The fourth-order valence-corrected chi connectivity index (χ4v) is 3.36. The third-order valence-electron chi connectivity index (χ3n) is 2.80. The number of thiocarbonyl (C=S) groups is 1. The van der Waals surface area contributed by atoms with E-state index in [4.69, 9.17) is 16.6 Å². The Morgan fingerprint density at radius 3 is 2.91 bits per heavy atom. The molecule has 0 saturated carbocycles. The van der Waals surface area contributed by atoms with Crippen LogP contribution in [0.15, 0.2) is 46.0 Å². The lowest BCUT2D eigenvalue weighted by Crippen LogP contribution is -2.44. The largest absolute Gasteiger partial charge is 0.451 e. The van der Waals surface area contributed by atoms with Crippen molar-refractivity contribution in [1.29, 1.82) is 0 Å². The number of nitrogens with one attached hydrogen (secondary N) is 1. The first-order valence-electron chi connectivity index (χ1n) is 6.29. The number of furan rings is 1. The highest BCUT2D eigenvalue weighted by atomic mass is 127. The molecule has 2 aromatic rings. The highest BCUT2D eigenvalue weighted by molar-refractivity contribution is 14.1. The summed E-state index contributed by atoms with van der Waals surface area (Å²) in [6, 6.07) is 6.78. The molecule has 3 heterocycles. The van der Waals surface area contributed by atoms with Crippen LogP contribution >= 0.6 is 46.6 Å². The van der Waals surface area contributed by atoms with Crippen LogP contribution in [0.25, 0.3) is 6.08 Å². The van der Waals surface area contributed by atoms with E-state index in [0.717, 1.165) is 16.8 Å². The summed E-state index contributed by atoms with van der Waals surface area (Å²) in [6.07, 6.45) is 4.56. The summed E-state index contributed by atoms with van der Waals surface area (Å²) in [4.78, 5) is 28.7. The minimum Gasteiger partial charge on any atom is -0.451 e. The SMILES string of the molecule is O=C(NN1C(=O)/C(=C/c2ccc(I)o2)SC1=S)c1cccnc1. The lowest BCUT2D eigenvalue weighted by Gasteiger charge is -2.15. The topological polar surface area (TPSA) is 75.4 Å². The number of aromatic nitrogens is 1. The first-order chi connectivity index (χ1) is 11.0. The summed E-state index contributed by atoms with van der Waals surface area (Å²) in [5.41, 5.74) is 2.82. The minimum atomic E-state index is -0.455. The number of halogens is 1. The van der Waals surface area contributed by atoms with Gasteiger partial charge in [-0.3, -0.25) is 20.0 Å².